The molecular weight excluding hydrogens is 1750 g/mol. The average molecular weight is 1860 g/mol. The summed E-state index contributed by atoms with van der Waals surface area (Å²) in [6, 6.07) is 21.7. The molecule has 0 spiro atoms. The van der Waals surface area contributed by atoms with E-state index in [1.165, 1.54) is 38.7 Å². The minimum absolute atomic E-state index is 0.0157. The summed E-state index contributed by atoms with van der Waals surface area (Å²) in [4.78, 5) is 141. The highest BCUT2D eigenvalue weighted by atomic mass is 35.5. The minimum Gasteiger partial charge on any atom is -0.453 e. The van der Waals surface area contributed by atoms with Crippen LogP contribution < -0.4 is 40.5 Å². The number of piperazine rings is 2. The van der Waals surface area contributed by atoms with Gasteiger partial charge >= 0.3 is 24.9 Å². The molecule has 6 aliphatic rings. The first-order valence-corrected chi connectivity index (χ1v) is 44.0. The van der Waals surface area contributed by atoms with E-state index in [1.54, 1.807) is 102 Å². The number of nitrogens with one attached hydrogen (secondary N) is 6. The summed E-state index contributed by atoms with van der Waals surface area (Å²) in [5.41, 5.74) is 2.32. The van der Waals surface area contributed by atoms with Crippen molar-refractivity contribution in [2.45, 2.75) is 156 Å². The lowest BCUT2D eigenvalue weighted by Gasteiger charge is -2.42. The number of likely N-dealkylation sites (tertiary alicyclic amines) is 2. The molecule has 6 saturated heterocycles. The molecule has 8 atom stereocenters. The fourth-order valence-electron chi connectivity index (χ4n) is 17.4. The number of H-pyrrole nitrogens is 2. The number of alkyl halides is 6. The number of hydrogen-bond donors (Lipinski definition) is 6. The van der Waals surface area contributed by atoms with Crippen LogP contribution in [0.15, 0.2) is 122 Å². The second-order valence-corrected chi connectivity index (χ2v) is 36.5. The fourth-order valence-corrected chi connectivity index (χ4v) is 17.8. The number of benzene rings is 4. The molecule has 6 N–H and O–H groups in total. The van der Waals surface area contributed by atoms with Crippen molar-refractivity contribution in [2.75, 3.05) is 121 Å². The number of aromatic nitrogens is 6. The number of amides is 8. The van der Waals surface area contributed by atoms with Gasteiger partial charge in [0.05, 0.1) is 88.7 Å². The van der Waals surface area contributed by atoms with Crippen molar-refractivity contribution >= 4 is 93.8 Å². The van der Waals surface area contributed by atoms with Crippen molar-refractivity contribution in [2.24, 2.45) is 28.6 Å². The van der Waals surface area contributed by atoms with Crippen LogP contribution >= 0.6 is 23.2 Å². The van der Waals surface area contributed by atoms with E-state index in [9.17, 15) is 64.7 Å². The molecule has 131 heavy (non-hydrogen) atoms. The maximum absolute atomic E-state index is 14.2. The van der Waals surface area contributed by atoms with Gasteiger partial charge in [0.25, 0.3) is 11.8 Å². The van der Waals surface area contributed by atoms with Crippen LogP contribution in [-0.4, -0.2) is 240 Å². The molecule has 702 valence electrons. The number of methoxy groups -OCH3 is 3. The Hall–Kier alpha value is -11.8. The number of pyridine rings is 2. The van der Waals surface area contributed by atoms with Gasteiger partial charge in [0.15, 0.2) is 0 Å². The smallest absolute Gasteiger partial charge is 0.453 e. The van der Waals surface area contributed by atoms with Crippen LogP contribution in [0.5, 0.6) is 11.5 Å². The summed E-state index contributed by atoms with van der Waals surface area (Å²) >= 11 is 13.2. The molecule has 14 rings (SSSR count). The fraction of sp³-hybridized carbons (Fsp3) is 0.478. The number of hydrogen-bond acceptors (Lipinski definition) is 21. The molecule has 8 aromatic rings. The summed E-state index contributed by atoms with van der Waals surface area (Å²) in [5, 5.41) is 10.6. The lowest BCUT2D eigenvalue weighted by molar-refractivity contribution is -0.275. The van der Waals surface area contributed by atoms with Crippen LogP contribution in [-0.2, 0) is 42.9 Å². The lowest BCUT2D eigenvalue weighted by atomic mass is 9.90. The molecule has 31 nitrogen and oxygen atoms in total. The largest absolute Gasteiger partial charge is 0.573 e. The molecule has 6 fully saturated rings. The number of aromatic amines is 2. The first-order chi connectivity index (χ1) is 62.1. The van der Waals surface area contributed by atoms with Crippen LogP contribution in [0.4, 0.5) is 58.9 Å². The Kier molecular flexibility index (Phi) is 30.2. The lowest BCUT2D eigenvalue weighted by Crippen LogP contribution is -2.56. The molecule has 0 bridgehead atoms. The van der Waals surface area contributed by atoms with Crippen molar-refractivity contribution in [1.29, 1.82) is 0 Å². The van der Waals surface area contributed by atoms with Crippen molar-refractivity contribution in [3.8, 4) is 56.3 Å². The quantitative estimate of drug-likeness (QED) is 0.0364. The summed E-state index contributed by atoms with van der Waals surface area (Å²) in [6.45, 7) is 23.2. The molecule has 4 aromatic carbocycles. The standard InChI is InChI=1S/C46H54ClF3N8O8.C46H54ClF3N8O7/c1-26-24-56(43(61)45(2,3)4)15-16-57(26)38-12-11-30(22-51-38)41(59)54-34-21-37(66-46(48,49)50)32(20-33(34)47)27-7-9-28(10-8-27)35-23-52-40(53-35)36-19-31(63-5)25-58(36)42(60)39(55-44(62)64-6)29-13-17-65-18-14-29;1-26-19-36(58(24-26)42(60)39(55-44(62)63-6)30-13-17-64-18-14-30)40-52-23-35(53-40)29-9-7-28(8-10-29)32-20-33(47)34(21-37(32)65-46(48,49)50)54-41(59)31-11-12-38(51-22-31)57-16-15-56(25-27(57)2)43(61)45(3,4)5/h7-12,20-23,26,29,31,36,39H,13-19,24-25H2,1-6H3,(H,52,53)(H,54,59)(H,55,62);7-12,20-23,26-27,30,36,39H,13-19,24-25H2,1-6H3,(H,52,53)(H,54,59)(H,55,62)/t26-,31+,36+,39+;26-,27+,36-,39-/m10/s1. The van der Waals surface area contributed by atoms with E-state index in [0.717, 1.165) is 12.1 Å². The van der Waals surface area contributed by atoms with Crippen molar-refractivity contribution in [3.05, 3.63) is 155 Å². The highest BCUT2D eigenvalue weighted by Crippen LogP contribution is 2.45. The van der Waals surface area contributed by atoms with E-state index in [2.05, 4.69) is 65.5 Å². The molecule has 10 heterocycles. The van der Waals surface area contributed by atoms with E-state index >= 15 is 0 Å². The zero-order chi connectivity index (χ0) is 94.3. The summed E-state index contributed by atoms with van der Waals surface area (Å²) in [7, 11) is 4.06. The molecule has 6 aliphatic heterocycles. The molecule has 0 saturated carbocycles. The topological polar surface area (TPSA) is 352 Å². The summed E-state index contributed by atoms with van der Waals surface area (Å²) in [5.74, 6) is -0.707. The monoisotopic (exact) mass is 1860 g/mol. The van der Waals surface area contributed by atoms with E-state index < -0.39 is 83.2 Å². The third kappa shape index (κ3) is 23.6. The van der Waals surface area contributed by atoms with Crippen LogP contribution in [0.3, 0.4) is 0 Å². The van der Waals surface area contributed by atoms with Crippen LogP contribution in [0.2, 0.25) is 10.0 Å². The van der Waals surface area contributed by atoms with Gasteiger partial charge in [0.2, 0.25) is 23.6 Å². The Morgan fingerprint density at radius 3 is 1.21 bits per heavy atom. The second kappa shape index (κ2) is 40.9. The van der Waals surface area contributed by atoms with E-state index in [-0.39, 0.29) is 110 Å². The number of carbonyl (C=O) groups excluding carboxylic acids is 8. The van der Waals surface area contributed by atoms with Gasteiger partial charge in [-0.1, -0.05) is 120 Å². The molecule has 0 aliphatic carbocycles. The van der Waals surface area contributed by atoms with Gasteiger partial charge in [0.1, 0.15) is 46.9 Å². The normalized spacial score (nSPS) is 20.0. The Morgan fingerprint density at radius 2 is 0.863 bits per heavy atom. The van der Waals surface area contributed by atoms with Crippen molar-refractivity contribution in [1.82, 2.24) is 60.1 Å². The average Bonchev–Trinajstić information content (AvgIpc) is 1.76. The number of imidazole rings is 2. The zero-order valence-electron chi connectivity index (χ0n) is 74.7. The molecule has 39 heteroatoms. The Morgan fingerprint density at radius 1 is 0.481 bits per heavy atom. The van der Waals surface area contributed by atoms with Crippen LogP contribution in [0.25, 0.3) is 44.8 Å². The van der Waals surface area contributed by atoms with E-state index in [1.807, 2.05) is 77.0 Å². The molecular formula is C92H108Cl2F6N16O15. The number of nitrogens with zero attached hydrogens (tertiary/aromatic N) is 10. The number of alkyl carbamates (subject to hydrolysis) is 2. The minimum atomic E-state index is -5.07. The third-order valence-corrected chi connectivity index (χ3v) is 24.9. The first kappa shape index (κ1) is 96.7. The maximum atomic E-state index is 14.2. The van der Waals surface area contributed by atoms with Gasteiger partial charge in [0, 0.05) is 151 Å². The van der Waals surface area contributed by atoms with Gasteiger partial charge in [-0.05, 0) is 122 Å². The predicted octanol–water partition coefficient (Wildman–Crippen LogP) is 15.6. The number of ether oxygens (including phenoxy) is 7. The molecule has 0 radical (unpaired) electrons. The zero-order valence-corrected chi connectivity index (χ0v) is 76.2. The van der Waals surface area contributed by atoms with Crippen LogP contribution in [0, 0.1) is 28.6 Å². The van der Waals surface area contributed by atoms with Gasteiger partial charge in [-0.25, -0.2) is 29.5 Å². The maximum Gasteiger partial charge on any atom is 0.573 e. The SMILES string of the molecule is COC(=O)N[C@H](C(=O)N1C[C@@H](C)C[C@H]1c1ncc(-c2ccc(-c3cc(Cl)c(NC(=O)c4ccc(N5CCN(C(=O)C(C)(C)C)C[C@H]5C)nc4)cc3OC(F)(F)F)cc2)[nH]1)C1CCOCC1.COC(=O)N[C@H](C(=O)N1C[C@@H](OC)C[C@H]1c1ncc(-c2ccc(-c3cc(Cl)c(NC(=O)c4ccc(N5CCN(C(=O)C(C)(C)C)C[C@H]5C)nc4)cc3OC(F)(F)F)cc2)[nH]1)C1CCOCC1. The second-order valence-electron chi connectivity index (χ2n) is 35.7. The number of carbonyl (C=O) groups is 8. The highest BCUT2D eigenvalue weighted by Gasteiger charge is 2.47. The molecule has 4 aromatic heterocycles. The molecule has 0 unspecified atom stereocenters. The van der Waals surface area contributed by atoms with Crippen LogP contribution in [0.1, 0.15) is 145 Å². The Bertz CT molecular complexity index is 5420. The number of rotatable bonds is 21. The number of halogens is 8. The molecule has 8 amide bonds. The van der Waals surface area contributed by atoms with Gasteiger partial charge in [-0.15, -0.1) is 26.3 Å². The Labute approximate surface area is 764 Å². The predicted molar refractivity (Wildman–Crippen MR) is 476 cm³/mol. The van der Waals surface area contributed by atoms with Gasteiger partial charge < -0.3 is 93.8 Å². The van der Waals surface area contributed by atoms with Crippen molar-refractivity contribution < 1.29 is 97.9 Å². The van der Waals surface area contributed by atoms with E-state index in [0.29, 0.717) is 168 Å². The van der Waals surface area contributed by atoms with E-state index in [4.69, 9.17) is 46.9 Å². The Balaban J connectivity index is 0.000000223. The highest BCUT2D eigenvalue weighted by molar-refractivity contribution is 6.35. The van der Waals surface area contributed by atoms with Gasteiger partial charge in [-0.3, -0.25) is 28.8 Å². The number of anilines is 4. The third-order valence-electron chi connectivity index (χ3n) is 24.2. The van der Waals surface area contributed by atoms with Gasteiger partial charge in [-0.2, -0.15) is 0 Å². The first-order valence-electron chi connectivity index (χ1n) is 43.3. The summed E-state index contributed by atoms with van der Waals surface area (Å²) in [6.07, 6.45) is -2.37. The summed E-state index contributed by atoms with van der Waals surface area (Å²) < 4.78 is 118. The van der Waals surface area contributed by atoms with Crippen molar-refractivity contribution in [3.63, 3.8) is 0 Å².